The Hall–Kier alpha value is -2.05. The van der Waals surface area contributed by atoms with Crippen LogP contribution in [0.5, 0.6) is 0 Å². The van der Waals surface area contributed by atoms with E-state index >= 15 is 0 Å². The van der Waals surface area contributed by atoms with E-state index in [0.29, 0.717) is 13.1 Å². The first kappa shape index (κ1) is 13.4. The van der Waals surface area contributed by atoms with Crippen molar-refractivity contribution in [3.05, 3.63) is 41.9 Å². The van der Waals surface area contributed by atoms with Gasteiger partial charge in [0, 0.05) is 18.9 Å². The maximum atomic E-state index is 12.5. The van der Waals surface area contributed by atoms with E-state index in [1.807, 2.05) is 13.1 Å². The lowest BCUT2D eigenvalue weighted by molar-refractivity contribution is -0.137. The summed E-state index contributed by atoms with van der Waals surface area (Å²) in [6.07, 6.45) is 0.380. The second-order valence-electron chi connectivity index (χ2n) is 4.14. The lowest BCUT2D eigenvalue weighted by Crippen LogP contribution is -2.13. The van der Waals surface area contributed by atoms with Crippen LogP contribution < -0.4 is 5.32 Å². The molecule has 0 unspecified atom stereocenters. The zero-order valence-electron chi connectivity index (χ0n) is 10.3. The molecule has 2 rings (SSSR count). The first-order valence-corrected chi connectivity index (χ1v) is 5.71. The summed E-state index contributed by atoms with van der Waals surface area (Å²) in [6, 6.07) is 1.94. The van der Waals surface area contributed by atoms with E-state index in [9.17, 15) is 13.2 Å². The maximum Gasteiger partial charge on any atom is 0.416 e. The molecule has 4 nitrogen and oxygen atoms in total. The third-order valence-electron chi connectivity index (χ3n) is 2.50. The van der Waals surface area contributed by atoms with Crippen molar-refractivity contribution in [2.75, 3.05) is 11.9 Å². The van der Waals surface area contributed by atoms with Gasteiger partial charge in [-0.25, -0.2) is 4.98 Å². The van der Waals surface area contributed by atoms with E-state index < -0.39 is 11.7 Å². The molecule has 19 heavy (non-hydrogen) atoms. The number of hydrogen-bond donors (Lipinski definition) is 1. The van der Waals surface area contributed by atoms with Gasteiger partial charge in [0.15, 0.2) is 0 Å². The van der Waals surface area contributed by atoms with Crippen molar-refractivity contribution < 1.29 is 13.2 Å². The van der Waals surface area contributed by atoms with Crippen molar-refractivity contribution in [3.63, 3.8) is 0 Å². The van der Waals surface area contributed by atoms with E-state index in [4.69, 9.17) is 0 Å². The number of nitrogens with zero attached hydrogens (tertiary/aromatic N) is 3. The van der Waals surface area contributed by atoms with Crippen molar-refractivity contribution in [3.8, 4) is 0 Å². The summed E-state index contributed by atoms with van der Waals surface area (Å²) >= 11 is 0. The first-order chi connectivity index (χ1) is 8.95. The number of pyridine rings is 1. The summed E-state index contributed by atoms with van der Waals surface area (Å²) in [6.45, 7) is 2.94. The summed E-state index contributed by atoms with van der Waals surface area (Å²) in [4.78, 5) is 3.85. The van der Waals surface area contributed by atoms with Crippen LogP contribution in [-0.2, 0) is 12.7 Å². The van der Waals surface area contributed by atoms with Crippen LogP contribution >= 0.6 is 0 Å². The Morgan fingerprint density at radius 2 is 2.16 bits per heavy atom. The Balaban J connectivity index is 1.93. The molecule has 102 valence electrons. The number of alkyl halides is 3. The van der Waals surface area contributed by atoms with Crippen LogP contribution in [0.1, 0.15) is 11.1 Å². The molecule has 1 N–H and O–H groups in total. The van der Waals surface area contributed by atoms with Crippen LogP contribution in [-0.4, -0.2) is 21.3 Å². The van der Waals surface area contributed by atoms with Gasteiger partial charge in [0.05, 0.1) is 18.3 Å². The zero-order chi connectivity index (χ0) is 13.9. The predicted octanol–water partition coefficient (Wildman–Crippen LogP) is 2.72. The fraction of sp³-hybridized carbons (Fsp3) is 0.333. The molecule has 0 aliphatic heterocycles. The van der Waals surface area contributed by atoms with Crippen LogP contribution in [0.4, 0.5) is 19.0 Å². The van der Waals surface area contributed by atoms with E-state index in [0.717, 1.165) is 23.9 Å². The molecule has 0 aromatic carbocycles. The molecule has 0 saturated carbocycles. The second-order valence-corrected chi connectivity index (χ2v) is 4.14. The fourth-order valence-electron chi connectivity index (χ4n) is 1.59. The van der Waals surface area contributed by atoms with Crippen molar-refractivity contribution in [2.45, 2.75) is 19.6 Å². The minimum absolute atomic E-state index is 0.207. The van der Waals surface area contributed by atoms with Gasteiger partial charge in [-0.1, -0.05) is 0 Å². The standard InChI is InChI=1S/C12H13F3N4/c1-9-7-18-19(8-9)5-4-17-11-6-10(2-3-16-11)12(13,14)15/h2-3,6-8H,4-5H2,1H3,(H,16,17). The number of anilines is 1. The highest BCUT2D eigenvalue weighted by Crippen LogP contribution is 2.29. The van der Waals surface area contributed by atoms with Gasteiger partial charge in [-0.05, 0) is 24.6 Å². The normalized spacial score (nSPS) is 11.6. The second kappa shape index (κ2) is 5.29. The molecule has 0 fully saturated rings. The third-order valence-corrected chi connectivity index (χ3v) is 2.50. The van der Waals surface area contributed by atoms with E-state index in [1.54, 1.807) is 10.9 Å². The van der Waals surface area contributed by atoms with Crippen LogP contribution in [0, 0.1) is 6.92 Å². The average Bonchev–Trinajstić information content (AvgIpc) is 2.74. The molecule has 0 amide bonds. The Labute approximate surface area is 108 Å². The van der Waals surface area contributed by atoms with Gasteiger partial charge < -0.3 is 5.32 Å². The van der Waals surface area contributed by atoms with Crippen molar-refractivity contribution in [2.24, 2.45) is 0 Å². The van der Waals surface area contributed by atoms with Gasteiger partial charge in [0.25, 0.3) is 0 Å². The molecule has 0 spiro atoms. The van der Waals surface area contributed by atoms with Gasteiger partial charge in [-0.2, -0.15) is 18.3 Å². The van der Waals surface area contributed by atoms with E-state index in [1.165, 1.54) is 0 Å². The average molecular weight is 270 g/mol. The summed E-state index contributed by atoms with van der Waals surface area (Å²) < 4.78 is 39.2. The van der Waals surface area contributed by atoms with Crippen LogP contribution in [0.3, 0.4) is 0 Å². The highest BCUT2D eigenvalue weighted by molar-refractivity contribution is 5.38. The molecular weight excluding hydrogens is 257 g/mol. The molecule has 2 heterocycles. The fourth-order valence-corrected chi connectivity index (χ4v) is 1.59. The minimum atomic E-state index is -4.35. The number of aromatic nitrogens is 3. The number of aryl methyl sites for hydroxylation is 1. The van der Waals surface area contributed by atoms with Crippen LogP contribution in [0.15, 0.2) is 30.7 Å². The molecular formula is C12H13F3N4. The SMILES string of the molecule is Cc1cnn(CCNc2cc(C(F)(F)F)ccn2)c1. The van der Waals surface area contributed by atoms with Gasteiger partial charge in [0.2, 0.25) is 0 Å². The summed E-state index contributed by atoms with van der Waals surface area (Å²) in [5.74, 6) is 0.207. The Morgan fingerprint density at radius 1 is 1.37 bits per heavy atom. The van der Waals surface area contributed by atoms with Gasteiger partial charge in [-0.3, -0.25) is 4.68 Å². The van der Waals surface area contributed by atoms with Crippen molar-refractivity contribution in [1.29, 1.82) is 0 Å². The largest absolute Gasteiger partial charge is 0.416 e. The highest BCUT2D eigenvalue weighted by Gasteiger charge is 2.30. The smallest absolute Gasteiger partial charge is 0.368 e. The number of nitrogens with one attached hydrogen (secondary N) is 1. The van der Waals surface area contributed by atoms with Gasteiger partial charge >= 0.3 is 6.18 Å². The third kappa shape index (κ3) is 3.70. The summed E-state index contributed by atoms with van der Waals surface area (Å²) in [5.41, 5.74) is 0.331. The topological polar surface area (TPSA) is 42.7 Å². The molecule has 2 aromatic rings. The lowest BCUT2D eigenvalue weighted by Gasteiger charge is -2.09. The van der Waals surface area contributed by atoms with E-state index in [2.05, 4.69) is 15.4 Å². The quantitative estimate of drug-likeness (QED) is 0.928. The van der Waals surface area contributed by atoms with Crippen molar-refractivity contribution in [1.82, 2.24) is 14.8 Å². The first-order valence-electron chi connectivity index (χ1n) is 5.71. The maximum absolute atomic E-state index is 12.5. The lowest BCUT2D eigenvalue weighted by atomic mass is 10.2. The number of rotatable bonds is 4. The zero-order valence-corrected chi connectivity index (χ0v) is 10.3. The summed E-state index contributed by atoms with van der Waals surface area (Å²) in [5, 5.41) is 6.92. The molecule has 0 aliphatic rings. The molecule has 0 atom stereocenters. The van der Waals surface area contributed by atoms with E-state index in [-0.39, 0.29) is 5.82 Å². The monoisotopic (exact) mass is 270 g/mol. The molecule has 7 heteroatoms. The molecule has 0 saturated heterocycles. The molecule has 0 bridgehead atoms. The highest BCUT2D eigenvalue weighted by atomic mass is 19.4. The molecule has 2 aromatic heterocycles. The van der Waals surface area contributed by atoms with Gasteiger partial charge in [0.1, 0.15) is 5.82 Å². The van der Waals surface area contributed by atoms with Crippen LogP contribution in [0.25, 0.3) is 0 Å². The number of halogens is 3. The molecule has 0 radical (unpaired) electrons. The summed E-state index contributed by atoms with van der Waals surface area (Å²) in [7, 11) is 0. The van der Waals surface area contributed by atoms with Gasteiger partial charge in [-0.15, -0.1) is 0 Å². The molecule has 0 aliphatic carbocycles. The Bertz CT molecular complexity index is 548. The Kier molecular flexibility index (Phi) is 3.73. The van der Waals surface area contributed by atoms with Crippen LogP contribution in [0.2, 0.25) is 0 Å². The van der Waals surface area contributed by atoms with Crippen molar-refractivity contribution >= 4 is 5.82 Å². The minimum Gasteiger partial charge on any atom is -0.368 e. The Morgan fingerprint density at radius 3 is 2.79 bits per heavy atom. The predicted molar refractivity (Wildman–Crippen MR) is 64.7 cm³/mol. The number of hydrogen-bond acceptors (Lipinski definition) is 3.